The second-order valence-corrected chi connectivity index (χ2v) is 6.82. The molecule has 6 nitrogen and oxygen atoms in total. The van der Waals surface area contributed by atoms with E-state index in [1.807, 2.05) is 12.1 Å². The van der Waals surface area contributed by atoms with Gasteiger partial charge in [-0.3, -0.25) is 14.4 Å². The van der Waals surface area contributed by atoms with Gasteiger partial charge in [0.15, 0.2) is 0 Å². The van der Waals surface area contributed by atoms with Gasteiger partial charge in [-0.15, -0.1) is 0 Å². The maximum absolute atomic E-state index is 12.3. The topological polar surface area (TPSA) is 75.7 Å². The molecule has 0 unspecified atom stereocenters. The predicted octanol–water partition coefficient (Wildman–Crippen LogP) is 3.24. The Kier molecular flexibility index (Phi) is 5.68. The molecule has 3 rings (SSSR count). The average molecular weight is 407 g/mol. The van der Waals surface area contributed by atoms with Crippen LogP contribution in [0.5, 0.6) is 5.75 Å². The smallest absolute Gasteiger partial charge is 0.299 e. The van der Waals surface area contributed by atoms with Crippen molar-refractivity contribution >= 4 is 46.5 Å². The van der Waals surface area contributed by atoms with E-state index in [1.54, 1.807) is 18.2 Å². The summed E-state index contributed by atoms with van der Waals surface area (Å²) in [5.74, 6) is -0.823. The molecule has 2 aromatic rings. The molecule has 0 aromatic heterocycles. The van der Waals surface area contributed by atoms with E-state index in [9.17, 15) is 14.4 Å². The minimum Gasteiger partial charge on any atom is -0.492 e. The highest BCUT2D eigenvalue weighted by molar-refractivity contribution is 6.55. The average Bonchev–Trinajstić information content (AvgIpc) is 2.85. The van der Waals surface area contributed by atoms with E-state index in [0.717, 1.165) is 5.56 Å². The molecule has 1 heterocycles. The quantitative estimate of drug-likeness (QED) is 0.747. The van der Waals surface area contributed by atoms with Crippen LogP contribution in [-0.2, 0) is 16.1 Å². The number of carbonyl (C=O) groups excluding carboxylic acids is 3. The van der Waals surface area contributed by atoms with Crippen molar-refractivity contribution in [3.8, 4) is 5.75 Å². The number of halogens is 2. The number of nitrogens with zero attached hydrogens (tertiary/aromatic N) is 1. The molecule has 1 aliphatic rings. The molecule has 0 saturated heterocycles. The van der Waals surface area contributed by atoms with Crippen molar-refractivity contribution < 1.29 is 19.1 Å². The predicted molar refractivity (Wildman–Crippen MR) is 103 cm³/mol. The first-order valence-electron chi connectivity index (χ1n) is 8.18. The van der Waals surface area contributed by atoms with Crippen LogP contribution >= 0.6 is 23.2 Å². The Morgan fingerprint density at radius 3 is 2.70 bits per heavy atom. The van der Waals surface area contributed by atoms with Gasteiger partial charge in [0.05, 0.1) is 22.8 Å². The summed E-state index contributed by atoms with van der Waals surface area (Å²) in [5.41, 5.74) is 1.45. The lowest BCUT2D eigenvalue weighted by Gasteiger charge is -2.17. The lowest BCUT2D eigenvalue weighted by Crippen LogP contribution is -2.33. The van der Waals surface area contributed by atoms with Crippen LogP contribution in [0, 0.1) is 0 Å². The van der Waals surface area contributed by atoms with Crippen LogP contribution in [-0.4, -0.2) is 30.7 Å². The van der Waals surface area contributed by atoms with Crippen LogP contribution in [0.3, 0.4) is 0 Å². The van der Waals surface area contributed by atoms with Crippen LogP contribution in [0.1, 0.15) is 22.8 Å². The molecule has 0 aliphatic carbocycles. The van der Waals surface area contributed by atoms with Crippen molar-refractivity contribution in [2.75, 3.05) is 18.1 Å². The van der Waals surface area contributed by atoms with E-state index in [4.69, 9.17) is 27.9 Å². The number of fused-ring (bicyclic) bond motifs is 1. The lowest BCUT2D eigenvalue weighted by atomic mass is 10.1. The first-order valence-corrected chi connectivity index (χ1v) is 8.94. The van der Waals surface area contributed by atoms with Gasteiger partial charge in [-0.25, -0.2) is 0 Å². The number of benzene rings is 2. The Bertz CT molecular complexity index is 930. The van der Waals surface area contributed by atoms with Crippen LogP contribution < -0.4 is 15.0 Å². The first-order chi connectivity index (χ1) is 12.9. The second kappa shape index (κ2) is 7.98. The molecule has 1 N–H and O–H groups in total. The fourth-order valence-electron chi connectivity index (χ4n) is 2.79. The minimum absolute atomic E-state index is 0.116. The highest BCUT2D eigenvalue weighted by atomic mass is 35.5. The molecule has 2 aromatic carbocycles. The van der Waals surface area contributed by atoms with Crippen molar-refractivity contribution in [1.29, 1.82) is 0 Å². The highest BCUT2D eigenvalue weighted by Crippen LogP contribution is 2.36. The number of anilines is 1. The molecule has 8 heteroatoms. The highest BCUT2D eigenvalue weighted by Gasteiger charge is 2.37. The summed E-state index contributed by atoms with van der Waals surface area (Å²) in [6.45, 7) is 2.19. The molecule has 0 spiro atoms. The van der Waals surface area contributed by atoms with Gasteiger partial charge in [0.25, 0.3) is 11.7 Å². The Balaban J connectivity index is 1.67. The maximum Gasteiger partial charge on any atom is 0.299 e. The number of rotatable bonds is 6. The molecule has 0 radical (unpaired) electrons. The monoisotopic (exact) mass is 406 g/mol. The van der Waals surface area contributed by atoms with Crippen molar-refractivity contribution in [2.24, 2.45) is 0 Å². The van der Waals surface area contributed by atoms with Crippen molar-refractivity contribution in [1.82, 2.24) is 5.32 Å². The third-order valence-electron chi connectivity index (χ3n) is 4.01. The van der Waals surface area contributed by atoms with Crippen LogP contribution in [0.25, 0.3) is 0 Å². The zero-order valence-electron chi connectivity index (χ0n) is 14.4. The van der Waals surface area contributed by atoms with Crippen molar-refractivity contribution in [2.45, 2.75) is 13.5 Å². The molecule has 0 bridgehead atoms. The SMILES string of the molecule is CC(=O)NCc1cccc(OCCN2C(=O)C(=O)c3c(Cl)cc(Cl)cc32)c1. The summed E-state index contributed by atoms with van der Waals surface area (Å²) in [4.78, 5) is 36.7. The molecule has 0 saturated carbocycles. The van der Waals surface area contributed by atoms with Crippen LogP contribution in [0.15, 0.2) is 36.4 Å². The van der Waals surface area contributed by atoms with E-state index < -0.39 is 11.7 Å². The number of nitrogens with one attached hydrogen (secondary N) is 1. The van der Waals surface area contributed by atoms with E-state index in [0.29, 0.717) is 23.0 Å². The van der Waals surface area contributed by atoms with Gasteiger partial charge in [0.1, 0.15) is 12.4 Å². The number of ketones is 1. The third-order valence-corrected chi connectivity index (χ3v) is 4.53. The van der Waals surface area contributed by atoms with Gasteiger partial charge in [0.2, 0.25) is 5.91 Å². The number of ether oxygens (including phenoxy) is 1. The fourth-order valence-corrected chi connectivity index (χ4v) is 3.35. The number of amides is 2. The standard InChI is InChI=1S/C19H16Cl2N2O4/c1-11(24)22-10-12-3-2-4-14(7-12)27-6-5-23-16-9-13(20)8-15(21)17(16)18(25)19(23)26/h2-4,7-9H,5-6,10H2,1H3,(H,22,24). The molecule has 0 fully saturated rings. The molecule has 1 aliphatic heterocycles. The van der Waals surface area contributed by atoms with Gasteiger partial charge >= 0.3 is 0 Å². The first kappa shape index (κ1) is 19.2. The number of carbonyl (C=O) groups is 3. The van der Waals surface area contributed by atoms with E-state index in [-0.39, 0.29) is 29.6 Å². The number of hydrogen-bond acceptors (Lipinski definition) is 4. The van der Waals surface area contributed by atoms with Crippen LogP contribution in [0.4, 0.5) is 5.69 Å². The summed E-state index contributed by atoms with van der Waals surface area (Å²) < 4.78 is 5.69. The van der Waals surface area contributed by atoms with Crippen molar-refractivity contribution in [3.05, 3.63) is 57.6 Å². The van der Waals surface area contributed by atoms with Crippen LogP contribution in [0.2, 0.25) is 10.0 Å². The Morgan fingerprint density at radius 2 is 1.96 bits per heavy atom. The molecule has 2 amide bonds. The molecular formula is C19H16Cl2N2O4. The summed E-state index contributed by atoms with van der Waals surface area (Å²) >= 11 is 12.0. The zero-order chi connectivity index (χ0) is 19.6. The fraction of sp³-hybridized carbons (Fsp3) is 0.211. The Labute approximate surface area is 166 Å². The van der Waals surface area contributed by atoms with E-state index in [2.05, 4.69) is 5.32 Å². The molecule has 27 heavy (non-hydrogen) atoms. The van der Waals surface area contributed by atoms with E-state index in [1.165, 1.54) is 17.9 Å². The summed E-state index contributed by atoms with van der Waals surface area (Å²) in [6, 6.07) is 10.2. The minimum atomic E-state index is -0.655. The Hall–Kier alpha value is -2.57. The van der Waals surface area contributed by atoms with Gasteiger partial charge in [-0.1, -0.05) is 35.3 Å². The summed E-state index contributed by atoms with van der Waals surface area (Å²) in [5, 5.41) is 3.21. The number of hydrogen-bond donors (Lipinski definition) is 1. The normalized spacial score (nSPS) is 12.9. The lowest BCUT2D eigenvalue weighted by molar-refractivity contribution is -0.119. The summed E-state index contributed by atoms with van der Waals surface area (Å²) in [6.07, 6.45) is 0. The molecule has 140 valence electrons. The van der Waals surface area contributed by atoms with Crippen molar-refractivity contribution in [3.63, 3.8) is 0 Å². The second-order valence-electron chi connectivity index (χ2n) is 5.97. The Morgan fingerprint density at radius 1 is 1.19 bits per heavy atom. The largest absolute Gasteiger partial charge is 0.492 e. The summed E-state index contributed by atoms with van der Waals surface area (Å²) in [7, 11) is 0. The zero-order valence-corrected chi connectivity index (χ0v) is 15.9. The molecular weight excluding hydrogens is 391 g/mol. The maximum atomic E-state index is 12.3. The number of Topliss-reactive ketones (excluding diaryl/α,β-unsaturated/α-hetero) is 1. The van der Waals surface area contributed by atoms with E-state index >= 15 is 0 Å². The van der Waals surface area contributed by atoms with Gasteiger partial charge in [-0.2, -0.15) is 0 Å². The molecule has 0 atom stereocenters. The van der Waals surface area contributed by atoms with Gasteiger partial charge in [-0.05, 0) is 29.8 Å². The third kappa shape index (κ3) is 4.23. The van der Waals surface area contributed by atoms with Gasteiger partial charge < -0.3 is 15.0 Å². The van der Waals surface area contributed by atoms with Gasteiger partial charge in [0, 0.05) is 18.5 Å².